The highest BCUT2D eigenvalue weighted by molar-refractivity contribution is 6.31. The summed E-state index contributed by atoms with van der Waals surface area (Å²) < 4.78 is 0. The SMILES string of the molecule is CCCN(CCC#N)C(=O)CN1CC2=C(C1=O)[C@H](c1ccccc1Cl)NC(=O)N2C. The van der Waals surface area contributed by atoms with Crippen LogP contribution in [0.2, 0.25) is 5.02 Å². The molecule has 0 aliphatic carbocycles. The van der Waals surface area contributed by atoms with Gasteiger partial charge in [0, 0.05) is 25.2 Å². The highest BCUT2D eigenvalue weighted by atomic mass is 35.5. The first-order valence-electron chi connectivity index (χ1n) is 9.84. The first kappa shape index (κ1) is 21.7. The van der Waals surface area contributed by atoms with Crippen molar-refractivity contribution in [1.82, 2.24) is 20.0 Å². The number of nitrogens with zero attached hydrogens (tertiary/aromatic N) is 4. The number of rotatable bonds is 7. The highest BCUT2D eigenvalue weighted by Crippen LogP contribution is 2.37. The van der Waals surface area contributed by atoms with Gasteiger partial charge < -0.3 is 15.1 Å². The summed E-state index contributed by atoms with van der Waals surface area (Å²) in [7, 11) is 1.60. The molecule has 30 heavy (non-hydrogen) atoms. The third-order valence-electron chi connectivity index (χ3n) is 5.32. The van der Waals surface area contributed by atoms with Gasteiger partial charge in [-0.05, 0) is 18.1 Å². The molecule has 0 fully saturated rings. The van der Waals surface area contributed by atoms with Gasteiger partial charge in [-0.25, -0.2) is 4.79 Å². The monoisotopic (exact) mass is 429 g/mol. The number of nitriles is 1. The lowest BCUT2D eigenvalue weighted by molar-refractivity contribution is -0.137. The molecule has 0 spiro atoms. The van der Waals surface area contributed by atoms with Gasteiger partial charge in [0.1, 0.15) is 6.54 Å². The molecule has 1 aromatic carbocycles. The number of carbonyl (C=O) groups excluding carboxylic acids is 3. The van der Waals surface area contributed by atoms with Crippen LogP contribution in [0.15, 0.2) is 35.5 Å². The second-order valence-corrected chi connectivity index (χ2v) is 7.68. The van der Waals surface area contributed by atoms with Gasteiger partial charge in [-0.15, -0.1) is 0 Å². The minimum atomic E-state index is -0.671. The number of hydrogen-bond acceptors (Lipinski definition) is 4. The maximum absolute atomic E-state index is 13.2. The largest absolute Gasteiger partial charge is 0.340 e. The van der Waals surface area contributed by atoms with E-state index in [0.717, 1.165) is 6.42 Å². The molecule has 0 saturated heterocycles. The zero-order valence-corrected chi connectivity index (χ0v) is 17.8. The van der Waals surface area contributed by atoms with Crippen LogP contribution in [-0.4, -0.2) is 65.8 Å². The van der Waals surface area contributed by atoms with Crippen LogP contribution < -0.4 is 5.32 Å². The number of urea groups is 1. The van der Waals surface area contributed by atoms with Crippen LogP contribution >= 0.6 is 11.6 Å². The molecule has 2 aliphatic heterocycles. The number of benzene rings is 1. The lowest BCUT2D eigenvalue weighted by Crippen LogP contribution is -2.45. The molecule has 2 heterocycles. The number of likely N-dealkylation sites (N-methyl/N-ethyl adjacent to an activating group) is 1. The molecule has 0 unspecified atom stereocenters. The van der Waals surface area contributed by atoms with Crippen LogP contribution in [0.4, 0.5) is 4.79 Å². The number of carbonyl (C=O) groups is 3. The Morgan fingerprint density at radius 3 is 2.73 bits per heavy atom. The van der Waals surface area contributed by atoms with Crippen molar-refractivity contribution in [3.8, 4) is 6.07 Å². The molecule has 158 valence electrons. The first-order chi connectivity index (χ1) is 14.4. The topological polar surface area (TPSA) is 96.7 Å². The van der Waals surface area contributed by atoms with E-state index in [1.807, 2.05) is 13.0 Å². The minimum Gasteiger partial charge on any atom is -0.340 e. The third-order valence-corrected chi connectivity index (χ3v) is 5.66. The summed E-state index contributed by atoms with van der Waals surface area (Å²) in [5.74, 6) is -0.511. The van der Waals surface area contributed by atoms with Crippen molar-refractivity contribution in [3.63, 3.8) is 0 Å². The molecule has 0 aromatic heterocycles. The normalized spacial score (nSPS) is 18.3. The molecule has 0 saturated carbocycles. The second-order valence-electron chi connectivity index (χ2n) is 7.27. The molecule has 9 heteroatoms. The zero-order valence-electron chi connectivity index (χ0n) is 17.0. The van der Waals surface area contributed by atoms with Crippen LogP contribution in [0, 0.1) is 11.3 Å². The van der Waals surface area contributed by atoms with E-state index in [4.69, 9.17) is 16.9 Å². The van der Waals surface area contributed by atoms with Gasteiger partial charge in [-0.2, -0.15) is 5.26 Å². The van der Waals surface area contributed by atoms with Crippen LogP contribution in [0.3, 0.4) is 0 Å². The van der Waals surface area contributed by atoms with Crippen LogP contribution in [0.25, 0.3) is 0 Å². The Kier molecular flexibility index (Phi) is 6.63. The molecule has 0 bridgehead atoms. The van der Waals surface area contributed by atoms with Gasteiger partial charge in [-0.3, -0.25) is 14.5 Å². The van der Waals surface area contributed by atoms with Crippen molar-refractivity contribution < 1.29 is 14.4 Å². The highest BCUT2D eigenvalue weighted by Gasteiger charge is 2.44. The molecule has 1 atom stereocenters. The van der Waals surface area contributed by atoms with E-state index in [-0.39, 0.29) is 37.4 Å². The van der Waals surface area contributed by atoms with Gasteiger partial charge in [0.05, 0.1) is 36.3 Å². The number of amides is 4. The summed E-state index contributed by atoms with van der Waals surface area (Å²) >= 11 is 6.33. The first-order valence-corrected chi connectivity index (χ1v) is 10.2. The van der Waals surface area contributed by atoms with E-state index in [1.165, 1.54) is 9.80 Å². The predicted molar refractivity (Wildman–Crippen MR) is 111 cm³/mol. The average molecular weight is 430 g/mol. The van der Waals surface area contributed by atoms with Crippen molar-refractivity contribution in [2.45, 2.75) is 25.8 Å². The number of hydrogen-bond donors (Lipinski definition) is 1. The van der Waals surface area contributed by atoms with Crippen molar-refractivity contribution in [2.24, 2.45) is 0 Å². The van der Waals surface area contributed by atoms with E-state index in [0.29, 0.717) is 34.9 Å². The molecule has 4 amide bonds. The summed E-state index contributed by atoms with van der Waals surface area (Å²) in [5.41, 5.74) is 1.63. The van der Waals surface area contributed by atoms with Crippen LogP contribution in [-0.2, 0) is 9.59 Å². The zero-order chi connectivity index (χ0) is 21.8. The van der Waals surface area contributed by atoms with Gasteiger partial charge in [0.25, 0.3) is 5.91 Å². The Hall–Kier alpha value is -3.05. The molecule has 3 rings (SSSR count). The summed E-state index contributed by atoms with van der Waals surface area (Å²) in [6.45, 7) is 2.88. The Morgan fingerprint density at radius 2 is 2.07 bits per heavy atom. The Labute approximate surface area is 180 Å². The fourth-order valence-electron chi connectivity index (χ4n) is 3.77. The third kappa shape index (κ3) is 4.12. The molecule has 0 radical (unpaired) electrons. The molecular formula is C21H24ClN5O3. The summed E-state index contributed by atoms with van der Waals surface area (Å²) in [5, 5.41) is 12.1. The number of nitrogens with one attached hydrogen (secondary N) is 1. The Balaban J connectivity index is 1.84. The average Bonchev–Trinajstić information content (AvgIpc) is 3.05. The van der Waals surface area contributed by atoms with Crippen LogP contribution in [0.5, 0.6) is 0 Å². The lowest BCUT2D eigenvalue weighted by atomic mass is 9.96. The van der Waals surface area contributed by atoms with Gasteiger partial charge >= 0.3 is 6.03 Å². The molecule has 1 aromatic rings. The minimum absolute atomic E-state index is 0.103. The Bertz CT molecular complexity index is 939. The lowest BCUT2D eigenvalue weighted by Gasteiger charge is -2.31. The van der Waals surface area contributed by atoms with E-state index < -0.39 is 6.04 Å². The van der Waals surface area contributed by atoms with E-state index in [1.54, 1.807) is 36.2 Å². The summed E-state index contributed by atoms with van der Waals surface area (Å²) in [6.07, 6.45) is 1.000. The predicted octanol–water partition coefficient (Wildman–Crippen LogP) is 2.28. The quantitative estimate of drug-likeness (QED) is 0.719. The Morgan fingerprint density at radius 1 is 1.33 bits per heavy atom. The van der Waals surface area contributed by atoms with E-state index in [2.05, 4.69) is 5.32 Å². The fraction of sp³-hybridized carbons (Fsp3) is 0.429. The smallest absolute Gasteiger partial charge is 0.322 e. The van der Waals surface area contributed by atoms with E-state index in [9.17, 15) is 14.4 Å². The maximum Gasteiger partial charge on any atom is 0.322 e. The maximum atomic E-state index is 13.2. The summed E-state index contributed by atoms with van der Waals surface area (Å²) in [4.78, 5) is 43.0. The molecule has 1 N–H and O–H groups in total. The molecule has 2 aliphatic rings. The summed E-state index contributed by atoms with van der Waals surface area (Å²) in [6, 6.07) is 8.10. The van der Waals surface area contributed by atoms with Crippen molar-refractivity contribution in [2.75, 3.05) is 33.2 Å². The van der Waals surface area contributed by atoms with Crippen molar-refractivity contribution in [3.05, 3.63) is 46.1 Å². The van der Waals surface area contributed by atoms with Crippen LogP contribution in [0.1, 0.15) is 31.4 Å². The molecular weight excluding hydrogens is 406 g/mol. The second kappa shape index (κ2) is 9.18. The van der Waals surface area contributed by atoms with Gasteiger partial charge in [0.15, 0.2) is 0 Å². The standard InChI is InChI=1S/C21H24ClN5O3/c1-3-10-26(11-6-9-23)17(28)13-27-12-16-18(20(27)29)19(24-21(30)25(16)2)14-7-4-5-8-15(14)22/h4-5,7-8,19H,3,6,10-13H2,1-2H3,(H,24,30)/t19-/m0/s1. The van der Waals surface area contributed by atoms with Crippen molar-refractivity contribution >= 4 is 29.4 Å². The molecule has 8 nitrogen and oxygen atoms in total. The van der Waals surface area contributed by atoms with Gasteiger partial charge in [0.2, 0.25) is 5.91 Å². The van der Waals surface area contributed by atoms with E-state index >= 15 is 0 Å². The van der Waals surface area contributed by atoms with Gasteiger partial charge in [-0.1, -0.05) is 36.7 Å². The fourth-order valence-corrected chi connectivity index (χ4v) is 4.02. The van der Waals surface area contributed by atoms with Crippen molar-refractivity contribution in [1.29, 1.82) is 5.26 Å². The number of halogens is 1.